The molecule has 192 valence electrons. The Morgan fingerprint density at radius 1 is 1.17 bits per heavy atom. The average Bonchev–Trinajstić information content (AvgIpc) is 3.34. The lowest BCUT2D eigenvalue weighted by molar-refractivity contribution is -0.137. The summed E-state index contributed by atoms with van der Waals surface area (Å²) >= 11 is 1.29. The summed E-state index contributed by atoms with van der Waals surface area (Å²) in [5.41, 5.74) is 2.24. The minimum atomic E-state index is -4.64. The molecule has 1 amide bonds. The summed E-state index contributed by atoms with van der Waals surface area (Å²) < 4.78 is 56.5. The van der Waals surface area contributed by atoms with E-state index in [9.17, 15) is 27.5 Å². The molecule has 0 radical (unpaired) electrons. The quantitative estimate of drug-likeness (QED) is 0.278. The molecule has 2 aromatic carbocycles. The second-order valence-corrected chi connectivity index (χ2v) is 8.93. The Kier molecular flexibility index (Phi) is 9.16. The summed E-state index contributed by atoms with van der Waals surface area (Å²) in [7, 11) is 0. The molecule has 1 aliphatic carbocycles. The highest BCUT2D eigenvalue weighted by Gasteiger charge is 2.32. The van der Waals surface area contributed by atoms with E-state index in [-0.39, 0.29) is 36.5 Å². The number of aliphatic hydroxyl groups excluding tert-OH is 1. The Morgan fingerprint density at radius 3 is 2.47 bits per heavy atom. The summed E-state index contributed by atoms with van der Waals surface area (Å²) in [4.78, 5) is 21.1. The summed E-state index contributed by atoms with van der Waals surface area (Å²) in [5, 5.41) is 20.7. The van der Waals surface area contributed by atoms with Crippen LogP contribution >= 0.6 is 11.5 Å². The number of hydrogen-bond donors (Lipinski definition) is 3. The van der Waals surface area contributed by atoms with Crippen LogP contribution in [0.1, 0.15) is 48.4 Å². The largest absolute Gasteiger partial charge is 0.483 e. The molecular formula is C25H24F4N2O4S. The van der Waals surface area contributed by atoms with Gasteiger partial charge in [0.05, 0.1) is 23.6 Å². The van der Waals surface area contributed by atoms with Crippen molar-refractivity contribution in [3.63, 3.8) is 0 Å². The van der Waals surface area contributed by atoms with Crippen LogP contribution in [0.3, 0.4) is 0 Å². The van der Waals surface area contributed by atoms with Crippen molar-refractivity contribution in [2.45, 2.75) is 44.4 Å². The van der Waals surface area contributed by atoms with Crippen LogP contribution in [0.5, 0.6) is 0 Å². The molecule has 6 nitrogen and oxygen atoms in total. The topological polar surface area (TPSA) is 99.5 Å². The lowest BCUT2D eigenvalue weighted by Crippen LogP contribution is -2.28. The molecule has 1 aromatic heterocycles. The maximum absolute atomic E-state index is 14.1. The smallest absolute Gasteiger partial charge is 0.416 e. The zero-order valence-electron chi connectivity index (χ0n) is 19.0. The second kappa shape index (κ2) is 12.1. The first-order chi connectivity index (χ1) is 17.2. The molecular weight excluding hydrogens is 500 g/mol. The minimum Gasteiger partial charge on any atom is -0.483 e. The van der Waals surface area contributed by atoms with Crippen molar-refractivity contribution in [3.8, 4) is 11.1 Å². The predicted octanol–water partition coefficient (Wildman–Crippen LogP) is 6.07. The Bertz CT molecular complexity index is 1180. The molecule has 1 heterocycles. The number of aliphatic hydroxyl groups is 1. The van der Waals surface area contributed by atoms with Gasteiger partial charge in [-0.05, 0) is 66.0 Å². The van der Waals surface area contributed by atoms with Gasteiger partial charge in [-0.1, -0.05) is 30.7 Å². The molecule has 0 aliphatic heterocycles. The number of rotatable bonds is 5. The number of hydrogen-bond acceptors (Lipinski definition) is 5. The summed E-state index contributed by atoms with van der Waals surface area (Å²) in [6.07, 6.45) is -1.68. The fourth-order valence-electron chi connectivity index (χ4n) is 4.30. The standard InChI is InChI=1S/C24H22F4N2O2S.CH2O2/c25-20-11-18(24(26,27)28)8-9-21(20)29-23(32)17-3-1-2-16(10-17)14-4-6-15(7-5-14)19-13-33-30-22(19)12-31;2-1-3/h4-9,11,13,16-17,31H,1-3,10,12H2,(H,29,32);1H,(H,2,3). The van der Waals surface area contributed by atoms with Crippen molar-refractivity contribution in [1.82, 2.24) is 4.37 Å². The first-order valence-electron chi connectivity index (χ1n) is 11.1. The van der Waals surface area contributed by atoms with Crippen molar-refractivity contribution >= 4 is 29.6 Å². The molecule has 1 saturated carbocycles. The number of anilines is 1. The fraction of sp³-hybridized carbons (Fsp3) is 0.320. The zero-order chi connectivity index (χ0) is 26.3. The maximum Gasteiger partial charge on any atom is 0.416 e. The maximum atomic E-state index is 14.1. The molecule has 2 atom stereocenters. The fourth-order valence-corrected chi connectivity index (χ4v) is 5.02. The monoisotopic (exact) mass is 524 g/mol. The molecule has 1 fully saturated rings. The van der Waals surface area contributed by atoms with Gasteiger partial charge in [0, 0.05) is 16.9 Å². The van der Waals surface area contributed by atoms with E-state index in [0.29, 0.717) is 24.6 Å². The molecule has 1 aliphatic rings. The molecule has 3 N–H and O–H groups in total. The molecule has 36 heavy (non-hydrogen) atoms. The third kappa shape index (κ3) is 6.67. The van der Waals surface area contributed by atoms with E-state index in [0.717, 1.165) is 41.7 Å². The first-order valence-corrected chi connectivity index (χ1v) is 11.9. The zero-order valence-corrected chi connectivity index (χ0v) is 19.8. The van der Waals surface area contributed by atoms with Gasteiger partial charge in [-0.15, -0.1) is 0 Å². The highest BCUT2D eigenvalue weighted by atomic mass is 32.1. The third-order valence-electron chi connectivity index (χ3n) is 6.09. The molecule has 4 rings (SSSR count). The minimum absolute atomic E-state index is 0.125. The van der Waals surface area contributed by atoms with E-state index in [1.165, 1.54) is 11.5 Å². The van der Waals surface area contributed by atoms with Gasteiger partial charge in [0.1, 0.15) is 5.82 Å². The second-order valence-electron chi connectivity index (χ2n) is 8.30. The van der Waals surface area contributed by atoms with Gasteiger partial charge in [-0.25, -0.2) is 4.39 Å². The Hall–Kier alpha value is -3.31. The molecule has 0 saturated heterocycles. The Morgan fingerprint density at radius 2 is 1.86 bits per heavy atom. The van der Waals surface area contributed by atoms with E-state index in [1.54, 1.807) is 0 Å². The van der Waals surface area contributed by atoms with Crippen LogP contribution in [0.2, 0.25) is 0 Å². The van der Waals surface area contributed by atoms with Crippen LogP contribution in [0.4, 0.5) is 23.2 Å². The lowest BCUT2D eigenvalue weighted by Gasteiger charge is -2.29. The van der Waals surface area contributed by atoms with E-state index in [1.807, 2.05) is 29.6 Å². The van der Waals surface area contributed by atoms with Gasteiger partial charge in [-0.3, -0.25) is 9.59 Å². The van der Waals surface area contributed by atoms with E-state index in [4.69, 9.17) is 9.90 Å². The first kappa shape index (κ1) is 27.3. The van der Waals surface area contributed by atoms with Gasteiger partial charge >= 0.3 is 6.18 Å². The van der Waals surface area contributed by atoms with Gasteiger partial charge in [-0.2, -0.15) is 17.5 Å². The van der Waals surface area contributed by atoms with Gasteiger partial charge < -0.3 is 15.5 Å². The Labute approximate surface area is 208 Å². The number of carbonyl (C=O) groups is 2. The molecule has 2 unspecified atom stereocenters. The van der Waals surface area contributed by atoms with Crippen LogP contribution in [0.25, 0.3) is 11.1 Å². The number of nitrogens with zero attached hydrogens (tertiary/aromatic N) is 1. The number of alkyl halides is 3. The Balaban J connectivity index is 0.00000115. The summed E-state index contributed by atoms with van der Waals surface area (Å²) in [6, 6.07) is 10.1. The molecule has 3 aromatic rings. The van der Waals surface area contributed by atoms with Gasteiger partial charge in [0.2, 0.25) is 5.91 Å². The average molecular weight is 525 g/mol. The van der Waals surface area contributed by atoms with Crippen LogP contribution < -0.4 is 5.32 Å². The lowest BCUT2D eigenvalue weighted by atomic mass is 9.77. The third-order valence-corrected chi connectivity index (χ3v) is 6.75. The number of benzene rings is 2. The normalized spacial score (nSPS) is 17.6. The van der Waals surface area contributed by atoms with E-state index >= 15 is 0 Å². The van der Waals surface area contributed by atoms with Crippen molar-refractivity contribution in [2.75, 3.05) is 5.32 Å². The predicted molar refractivity (Wildman–Crippen MR) is 127 cm³/mol. The number of amides is 1. The number of nitrogens with one attached hydrogen (secondary N) is 1. The molecule has 0 bridgehead atoms. The number of carboxylic acid groups (broad SMARTS) is 1. The van der Waals surface area contributed by atoms with E-state index < -0.39 is 17.6 Å². The van der Waals surface area contributed by atoms with Gasteiger partial charge in [0.25, 0.3) is 6.47 Å². The highest BCUT2D eigenvalue weighted by Crippen LogP contribution is 2.38. The van der Waals surface area contributed by atoms with Crippen LogP contribution in [0, 0.1) is 11.7 Å². The van der Waals surface area contributed by atoms with Crippen molar-refractivity contribution in [3.05, 3.63) is 70.5 Å². The van der Waals surface area contributed by atoms with Crippen molar-refractivity contribution < 1.29 is 37.4 Å². The number of carbonyl (C=O) groups excluding carboxylic acids is 1. The van der Waals surface area contributed by atoms with Crippen LogP contribution in [0.15, 0.2) is 47.8 Å². The molecule has 11 heteroatoms. The number of halogens is 4. The number of aromatic nitrogens is 1. The van der Waals surface area contributed by atoms with Gasteiger partial charge in [0.15, 0.2) is 0 Å². The highest BCUT2D eigenvalue weighted by molar-refractivity contribution is 7.04. The van der Waals surface area contributed by atoms with Crippen LogP contribution in [-0.2, 0) is 22.4 Å². The summed E-state index contributed by atoms with van der Waals surface area (Å²) in [6.45, 7) is -0.375. The van der Waals surface area contributed by atoms with E-state index in [2.05, 4.69) is 9.69 Å². The van der Waals surface area contributed by atoms with Crippen molar-refractivity contribution in [2.24, 2.45) is 5.92 Å². The molecule has 0 spiro atoms. The summed E-state index contributed by atoms with van der Waals surface area (Å²) in [5.74, 6) is -1.69. The SMILES string of the molecule is O=C(Nc1ccc(C(F)(F)F)cc1F)C1CCCC(c2ccc(-c3csnc3CO)cc2)C1.O=CO. The van der Waals surface area contributed by atoms with Crippen LogP contribution in [-0.4, -0.2) is 27.0 Å². The van der Waals surface area contributed by atoms with Crippen molar-refractivity contribution in [1.29, 1.82) is 0 Å².